The lowest BCUT2D eigenvalue weighted by Crippen LogP contribution is -2.41. The average molecular weight is 216 g/mol. The van der Waals surface area contributed by atoms with Crippen molar-refractivity contribution in [2.75, 3.05) is 0 Å². The summed E-state index contributed by atoms with van der Waals surface area (Å²) >= 11 is 0. The quantitative estimate of drug-likeness (QED) is 0.482. The molecule has 0 saturated carbocycles. The molecule has 0 aromatic carbocycles. The van der Waals surface area contributed by atoms with Gasteiger partial charge in [0.05, 0.1) is 0 Å². The third-order valence-corrected chi connectivity index (χ3v) is 3.44. The molecule has 0 aliphatic heterocycles. The smallest absolute Gasteiger partial charge is 0.164 e. The lowest BCUT2D eigenvalue weighted by Gasteiger charge is -2.35. The predicted octanol–water partition coefficient (Wildman–Crippen LogP) is 3.46. The Labute approximate surface area is 94.7 Å². The fourth-order valence-corrected chi connectivity index (χ4v) is 1.58. The average Bonchev–Trinajstić information content (AvgIpc) is 2.09. The standard InChI is InChI=1S/C13H28O2/c1-5-6-7-8-9-10-11-12(2,3)13(4,14)15/h14-15H,5-11H2,1-4H3. The summed E-state index contributed by atoms with van der Waals surface area (Å²) < 4.78 is 0. The number of hydrogen-bond donors (Lipinski definition) is 2. The number of aliphatic hydroxyl groups is 2. The van der Waals surface area contributed by atoms with Gasteiger partial charge in [0.25, 0.3) is 0 Å². The molecular formula is C13H28O2. The van der Waals surface area contributed by atoms with Gasteiger partial charge in [-0.25, -0.2) is 0 Å². The molecule has 0 rings (SSSR count). The zero-order valence-corrected chi connectivity index (χ0v) is 10.8. The van der Waals surface area contributed by atoms with Gasteiger partial charge in [0.1, 0.15) is 0 Å². The molecule has 0 heterocycles. The molecule has 0 bridgehead atoms. The van der Waals surface area contributed by atoms with Crippen LogP contribution in [-0.4, -0.2) is 16.0 Å². The molecule has 92 valence electrons. The number of unbranched alkanes of at least 4 members (excludes halogenated alkanes) is 5. The molecule has 0 unspecified atom stereocenters. The van der Waals surface area contributed by atoms with Crippen LogP contribution in [0, 0.1) is 5.41 Å². The molecule has 2 nitrogen and oxygen atoms in total. The summed E-state index contributed by atoms with van der Waals surface area (Å²) in [5, 5.41) is 19.1. The first-order valence-corrected chi connectivity index (χ1v) is 6.26. The Morgan fingerprint density at radius 2 is 1.27 bits per heavy atom. The summed E-state index contributed by atoms with van der Waals surface area (Å²) in [6.45, 7) is 7.52. The third-order valence-electron chi connectivity index (χ3n) is 3.44. The maximum absolute atomic E-state index is 9.54. The topological polar surface area (TPSA) is 40.5 Å². The molecule has 0 fully saturated rings. The van der Waals surface area contributed by atoms with Gasteiger partial charge in [0.2, 0.25) is 0 Å². The fraction of sp³-hybridized carbons (Fsp3) is 1.00. The second-order valence-corrected chi connectivity index (χ2v) is 5.42. The van der Waals surface area contributed by atoms with Crippen LogP contribution >= 0.6 is 0 Å². The molecule has 0 aliphatic rings. The largest absolute Gasteiger partial charge is 0.365 e. The van der Waals surface area contributed by atoms with E-state index in [0.717, 1.165) is 12.8 Å². The molecule has 0 aromatic heterocycles. The van der Waals surface area contributed by atoms with Crippen molar-refractivity contribution >= 4 is 0 Å². The Hall–Kier alpha value is -0.0800. The summed E-state index contributed by atoms with van der Waals surface area (Å²) in [7, 11) is 0. The van der Waals surface area contributed by atoms with Crippen LogP contribution < -0.4 is 0 Å². The van der Waals surface area contributed by atoms with Crippen LogP contribution in [0.4, 0.5) is 0 Å². The molecule has 15 heavy (non-hydrogen) atoms. The van der Waals surface area contributed by atoms with Gasteiger partial charge in [-0.2, -0.15) is 0 Å². The maximum atomic E-state index is 9.54. The summed E-state index contributed by atoms with van der Waals surface area (Å²) in [6, 6.07) is 0. The van der Waals surface area contributed by atoms with E-state index in [1.807, 2.05) is 13.8 Å². The Balaban J connectivity index is 3.58. The first kappa shape index (κ1) is 14.9. The molecule has 0 aromatic rings. The van der Waals surface area contributed by atoms with Crippen LogP contribution in [0.25, 0.3) is 0 Å². The van der Waals surface area contributed by atoms with Gasteiger partial charge >= 0.3 is 0 Å². The maximum Gasteiger partial charge on any atom is 0.164 e. The molecule has 0 spiro atoms. The van der Waals surface area contributed by atoms with E-state index in [4.69, 9.17) is 0 Å². The highest BCUT2D eigenvalue weighted by Crippen LogP contribution is 2.34. The van der Waals surface area contributed by atoms with Crippen LogP contribution in [0.5, 0.6) is 0 Å². The van der Waals surface area contributed by atoms with E-state index in [-0.39, 0.29) is 0 Å². The van der Waals surface area contributed by atoms with Crippen molar-refractivity contribution in [2.45, 2.75) is 78.4 Å². The van der Waals surface area contributed by atoms with Crippen molar-refractivity contribution in [3.05, 3.63) is 0 Å². The second kappa shape index (κ2) is 6.49. The Morgan fingerprint density at radius 1 is 0.800 bits per heavy atom. The van der Waals surface area contributed by atoms with E-state index in [2.05, 4.69) is 6.92 Å². The summed E-state index contributed by atoms with van der Waals surface area (Å²) in [6.07, 6.45) is 8.36. The van der Waals surface area contributed by atoms with Crippen LogP contribution in [-0.2, 0) is 0 Å². The number of hydrogen-bond acceptors (Lipinski definition) is 2. The van der Waals surface area contributed by atoms with E-state index in [1.54, 1.807) is 0 Å². The molecule has 0 amide bonds. The second-order valence-electron chi connectivity index (χ2n) is 5.42. The van der Waals surface area contributed by atoms with Crippen molar-refractivity contribution in [2.24, 2.45) is 5.41 Å². The van der Waals surface area contributed by atoms with E-state index < -0.39 is 11.2 Å². The Kier molecular flexibility index (Phi) is 6.46. The van der Waals surface area contributed by atoms with E-state index in [9.17, 15) is 10.2 Å². The first-order valence-electron chi connectivity index (χ1n) is 6.26. The molecule has 0 radical (unpaired) electrons. The van der Waals surface area contributed by atoms with Crippen LogP contribution in [0.3, 0.4) is 0 Å². The molecule has 0 saturated heterocycles. The molecule has 0 atom stereocenters. The minimum Gasteiger partial charge on any atom is -0.365 e. The zero-order valence-electron chi connectivity index (χ0n) is 10.8. The summed E-state index contributed by atoms with van der Waals surface area (Å²) in [5.41, 5.74) is -0.405. The van der Waals surface area contributed by atoms with Crippen molar-refractivity contribution in [3.8, 4) is 0 Å². The highest BCUT2D eigenvalue weighted by Gasteiger charge is 2.36. The minimum atomic E-state index is -1.56. The van der Waals surface area contributed by atoms with Gasteiger partial charge in [-0.05, 0) is 13.3 Å². The van der Waals surface area contributed by atoms with E-state index in [1.165, 1.54) is 39.0 Å². The van der Waals surface area contributed by atoms with Crippen molar-refractivity contribution < 1.29 is 10.2 Å². The third kappa shape index (κ3) is 6.16. The van der Waals surface area contributed by atoms with Gasteiger partial charge in [0, 0.05) is 5.41 Å². The SMILES string of the molecule is CCCCCCCCC(C)(C)C(C)(O)O. The predicted molar refractivity (Wildman–Crippen MR) is 64.6 cm³/mol. The summed E-state index contributed by atoms with van der Waals surface area (Å²) in [4.78, 5) is 0. The first-order chi connectivity index (χ1) is 6.81. The lowest BCUT2D eigenvalue weighted by molar-refractivity contribution is -0.221. The van der Waals surface area contributed by atoms with Crippen molar-refractivity contribution in [3.63, 3.8) is 0 Å². The summed E-state index contributed by atoms with van der Waals surface area (Å²) in [5.74, 6) is -1.56. The molecular weight excluding hydrogens is 188 g/mol. The lowest BCUT2D eigenvalue weighted by atomic mass is 9.79. The molecule has 2 heteroatoms. The van der Waals surface area contributed by atoms with Crippen LogP contribution in [0.1, 0.15) is 72.6 Å². The monoisotopic (exact) mass is 216 g/mol. The molecule has 2 N–H and O–H groups in total. The number of rotatable bonds is 8. The van der Waals surface area contributed by atoms with Crippen molar-refractivity contribution in [1.29, 1.82) is 0 Å². The van der Waals surface area contributed by atoms with Crippen molar-refractivity contribution in [1.82, 2.24) is 0 Å². The van der Waals surface area contributed by atoms with Gasteiger partial charge in [0.15, 0.2) is 5.79 Å². The van der Waals surface area contributed by atoms with Gasteiger partial charge < -0.3 is 10.2 Å². The molecule has 0 aliphatic carbocycles. The van der Waals surface area contributed by atoms with E-state index >= 15 is 0 Å². The van der Waals surface area contributed by atoms with E-state index in [0.29, 0.717) is 0 Å². The highest BCUT2D eigenvalue weighted by atomic mass is 16.5. The van der Waals surface area contributed by atoms with Crippen LogP contribution in [0.2, 0.25) is 0 Å². The van der Waals surface area contributed by atoms with Gasteiger partial charge in [-0.3, -0.25) is 0 Å². The zero-order chi connectivity index (χ0) is 11.9. The minimum absolute atomic E-state index is 0.405. The Morgan fingerprint density at radius 3 is 1.73 bits per heavy atom. The fourth-order valence-electron chi connectivity index (χ4n) is 1.58. The highest BCUT2D eigenvalue weighted by molar-refractivity contribution is 4.80. The van der Waals surface area contributed by atoms with Gasteiger partial charge in [-0.15, -0.1) is 0 Å². The van der Waals surface area contributed by atoms with Gasteiger partial charge in [-0.1, -0.05) is 59.3 Å². The van der Waals surface area contributed by atoms with Crippen LogP contribution in [0.15, 0.2) is 0 Å². The normalized spacial score (nSPS) is 13.2. The Bertz CT molecular complexity index is 156.